The van der Waals surface area contributed by atoms with Crippen molar-refractivity contribution >= 4 is 38.6 Å². The average molecular weight is 533 g/mol. The number of pyridine rings is 1. The molecule has 0 radical (unpaired) electrons. The Morgan fingerprint density at radius 1 is 0.719 bits per heavy atom. The van der Waals surface area contributed by atoms with Gasteiger partial charge in [0.05, 0.1) is 0 Å². The number of nitrogens with zero attached hydrogens (tertiary/aromatic N) is 2. The topological polar surface area (TPSA) is 17.3 Å². The van der Waals surface area contributed by atoms with Crippen LogP contribution in [-0.2, 0) is 0 Å². The first-order valence-electron chi connectivity index (χ1n) is 12.7. The maximum atomic E-state index is 4.83. The number of hydrogen-bond acceptors (Lipinski definition) is 1. The number of aromatic nitrogens is 2. The fourth-order valence-electron chi connectivity index (χ4n) is 5.21. The van der Waals surface area contributed by atoms with Crippen LogP contribution >= 0.6 is 0 Å². The van der Waals surface area contributed by atoms with E-state index >= 15 is 0 Å². The predicted octanol–water partition coefficient (Wildman–Crippen LogP) is 8.21. The molecule has 0 aliphatic heterocycles. The van der Waals surface area contributed by atoms with Crippen molar-refractivity contribution in [3.05, 3.63) is 66.9 Å². The molecule has 2 aromatic carbocycles. The number of hydrogen-bond donors (Lipinski definition) is 0. The van der Waals surface area contributed by atoms with E-state index < -0.39 is 18.4 Å². The first kappa shape index (κ1) is 23.4. The van der Waals surface area contributed by atoms with Crippen LogP contribution in [0.2, 0.25) is 13.3 Å². The van der Waals surface area contributed by atoms with Gasteiger partial charge in [-0.1, -0.05) is 0 Å². The Labute approximate surface area is 198 Å². The molecule has 0 fully saturated rings. The van der Waals surface area contributed by atoms with Gasteiger partial charge in [0, 0.05) is 0 Å². The summed E-state index contributed by atoms with van der Waals surface area (Å²) in [5.74, 6) is 0. The number of benzene rings is 2. The van der Waals surface area contributed by atoms with Crippen molar-refractivity contribution in [2.24, 2.45) is 0 Å². The number of unbranched alkanes of at least 4 members (excludes halogenated alkanes) is 3. The van der Waals surface area contributed by atoms with Crippen LogP contribution in [0.1, 0.15) is 59.3 Å². The zero-order chi connectivity index (χ0) is 22.4. The van der Waals surface area contributed by atoms with Gasteiger partial charge in [0.15, 0.2) is 0 Å². The fraction of sp³-hybridized carbons (Fsp3) is 0.414. The molecular formula is C29H38N2Sn. The maximum absolute atomic E-state index is 4.83. The average Bonchev–Trinajstić information content (AvgIpc) is 3.22. The van der Waals surface area contributed by atoms with Crippen LogP contribution < -0.4 is 3.58 Å². The first-order chi connectivity index (χ1) is 15.7. The third-order valence-corrected chi connectivity index (χ3v) is 22.8. The number of fused-ring (bicyclic) bond motifs is 3. The molecule has 2 aromatic heterocycles. The quantitative estimate of drug-likeness (QED) is 0.178. The molecule has 32 heavy (non-hydrogen) atoms. The van der Waals surface area contributed by atoms with Gasteiger partial charge < -0.3 is 0 Å². The molecule has 0 atom stereocenters. The summed E-state index contributed by atoms with van der Waals surface area (Å²) in [6.07, 6.45) is 10.4. The van der Waals surface area contributed by atoms with Crippen LogP contribution in [0.4, 0.5) is 0 Å². The minimum absolute atomic E-state index is 1.02. The van der Waals surface area contributed by atoms with Crippen molar-refractivity contribution in [1.82, 2.24) is 9.38 Å². The van der Waals surface area contributed by atoms with Gasteiger partial charge in [-0.15, -0.1) is 0 Å². The van der Waals surface area contributed by atoms with E-state index in [1.807, 2.05) is 0 Å². The molecule has 0 saturated carbocycles. The summed E-state index contributed by atoms with van der Waals surface area (Å²) in [6, 6.07) is 22.6. The van der Waals surface area contributed by atoms with Crippen molar-refractivity contribution in [3.8, 4) is 11.1 Å². The van der Waals surface area contributed by atoms with E-state index in [9.17, 15) is 0 Å². The molecule has 0 spiro atoms. The van der Waals surface area contributed by atoms with Crippen LogP contribution in [0, 0.1) is 0 Å². The third kappa shape index (κ3) is 4.90. The fourth-order valence-corrected chi connectivity index (χ4v) is 21.1. The first-order valence-corrected chi connectivity index (χ1v) is 20.2. The predicted molar refractivity (Wildman–Crippen MR) is 143 cm³/mol. The van der Waals surface area contributed by atoms with E-state index in [1.165, 1.54) is 68.5 Å². The van der Waals surface area contributed by atoms with Crippen LogP contribution in [0.3, 0.4) is 0 Å². The summed E-state index contributed by atoms with van der Waals surface area (Å²) in [5, 5.41) is 0. The Kier molecular flexibility index (Phi) is 7.93. The second kappa shape index (κ2) is 10.9. The standard InChI is InChI=1S/C17H11N2.3C4H9.Sn/c1-2-6-13(7-3-1)14-10-11-19-16-9-5-4-8-15(16)18-17(19)12-14;3*1-3-4-2;/h2-12H;3*1,3-4H2,2H3;. The molecular weight excluding hydrogens is 495 g/mol. The van der Waals surface area contributed by atoms with E-state index in [2.05, 4.69) is 92.0 Å². The zero-order valence-corrected chi connectivity index (χ0v) is 23.0. The van der Waals surface area contributed by atoms with E-state index in [-0.39, 0.29) is 0 Å². The third-order valence-electron chi connectivity index (χ3n) is 7.17. The van der Waals surface area contributed by atoms with Gasteiger partial charge in [-0.05, 0) is 0 Å². The van der Waals surface area contributed by atoms with Crippen LogP contribution in [-0.4, -0.2) is 27.8 Å². The summed E-state index contributed by atoms with van der Waals surface area (Å²) in [4.78, 5) is 4.83. The molecule has 2 heterocycles. The molecule has 0 aliphatic rings. The minimum atomic E-state index is -2.35. The van der Waals surface area contributed by atoms with Crippen molar-refractivity contribution in [1.29, 1.82) is 0 Å². The monoisotopic (exact) mass is 534 g/mol. The summed E-state index contributed by atoms with van der Waals surface area (Å²) in [7, 11) is 0. The molecule has 0 unspecified atom stereocenters. The Morgan fingerprint density at radius 3 is 1.97 bits per heavy atom. The van der Waals surface area contributed by atoms with Gasteiger partial charge in [0.25, 0.3) is 0 Å². The van der Waals surface area contributed by atoms with Gasteiger partial charge in [-0.3, -0.25) is 0 Å². The van der Waals surface area contributed by atoms with E-state index in [0.29, 0.717) is 0 Å². The second-order valence-corrected chi connectivity index (χ2v) is 22.6. The summed E-state index contributed by atoms with van der Waals surface area (Å²) < 4.78 is 8.52. The summed E-state index contributed by atoms with van der Waals surface area (Å²) in [6.45, 7) is 7.07. The van der Waals surface area contributed by atoms with Crippen LogP contribution in [0.15, 0.2) is 66.9 Å². The molecule has 0 N–H and O–H groups in total. The Balaban J connectivity index is 1.66. The zero-order valence-electron chi connectivity index (χ0n) is 20.1. The molecule has 4 rings (SSSR count). The van der Waals surface area contributed by atoms with Gasteiger partial charge in [0.1, 0.15) is 0 Å². The molecule has 0 amide bonds. The van der Waals surface area contributed by atoms with Crippen molar-refractivity contribution < 1.29 is 0 Å². The molecule has 4 aromatic rings. The Hall–Kier alpha value is -1.81. The normalized spacial score (nSPS) is 12.1. The van der Waals surface area contributed by atoms with Crippen molar-refractivity contribution in [2.45, 2.75) is 72.6 Å². The van der Waals surface area contributed by atoms with E-state index in [0.717, 1.165) is 11.2 Å². The van der Waals surface area contributed by atoms with Crippen molar-refractivity contribution in [2.75, 3.05) is 0 Å². The van der Waals surface area contributed by atoms with Crippen LogP contribution in [0.5, 0.6) is 0 Å². The van der Waals surface area contributed by atoms with Gasteiger partial charge >= 0.3 is 199 Å². The number of para-hydroxylation sites is 2. The molecule has 0 saturated heterocycles. The van der Waals surface area contributed by atoms with Gasteiger partial charge in [-0.2, -0.15) is 0 Å². The Morgan fingerprint density at radius 2 is 1.34 bits per heavy atom. The number of rotatable bonds is 11. The molecule has 2 nitrogen and oxygen atoms in total. The number of imidazole rings is 1. The summed E-state index contributed by atoms with van der Waals surface area (Å²) in [5.41, 5.74) is 5.82. The van der Waals surface area contributed by atoms with E-state index in [4.69, 9.17) is 4.98 Å². The van der Waals surface area contributed by atoms with Crippen molar-refractivity contribution in [3.63, 3.8) is 0 Å². The molecule has 3 heteroatoms. The SMILES string of the molecule is CCC[CH2][Sn]([CH2]CCC)([CH2]CCC)[c]1ccc(-c2ccn3c(c2)nc2ccccc23)cc1. The molecule has 0 bridgehead atoms. The van der Waals surface area contributed by atoms with Crippen LogP contribution in [0.25, 0.3) is 27.8 Å². The molecule has 168 valence electrons. The van der Waals surface area contributed by atoms with Gasteiger partial charge in [0.2, 0.25) is 0 Å². The second-order valence-electron chi connectivity index (χ2n) is 9.41. The molecule has 0 aliphatic carbocycles. The van der Waals surface area contributed by atoms with Gasteiger partial charge in [-0.25, -0.2) is 0 Å². The van der Waals surface area contributed by atoms with E-state index in [1.54, 1.807) is 3.58 Å². The summed E-state index contributed by atoms with van der Waals surface area (Å²) >= 11 is -2.35. The Bertz CT molecular complexity index is 1120.